The lowest BCUT2D eigenvalue weighted by Gasteiger charge is -2.31. The number of halogens is 3. The molecule has 0 unspecified atom stereocenters. The van der Waals surface area contributed by atoms with Crippen molar-refractivity contribution in [2.24, 2.45) is 0 Å². The fourth-order valence-electron chi connectivity index (χ4n) is 4.64. The van der Waals surface area contributed by atoms with Crippen molar-refractivity contribution in [2.45, 2.75) is 52.0 Å². The van der Waals surface area contributed by atoms with Crippen molar-refractivity contribution in [1.29, 1.82) is 0 Å². The summed E-state index contributed by atoms with van der Waals surface area (Å²) in [7, 11) is 0. The Bertz CT molecular complexity index is 1360. The first kappa shape index (κ1) is 21.3. The molecule has 0 atom stereocenters. The number of H-pyrrole nitrogens is 1. The van der Waals surface area contributed by atoms with Gasteiger partial charge in [0.1, 0.15) is 10.6 Å². The van der Waals surface area contributed by atoms with E-state index in [-0.39, 0.29) is 18.9 Å². The molecule has 6 heterocycles. The third-order valence-electron chi connectivity index (χ3n) is 6.30. The molecular formula is C21H22F3N9S. The van der Waals surface area contributed by atoms with E-state index in [4.69, 9.17) is 9.97 Å². The summed E-state index contributed by atoms with van der Waals surface area (Å²) in [6.07, 6.45) is 0.100. The van der Waals surface area contributed by atoms with E-state index in [0.29, 0.717) is 19.0 Å². The number of aryl methyl sites for hydroxylation is 1. The maximum absolute atomic E-state index is 13.3. The van der Waals surface area contributed by atoms with E-state index in [2.05, 4.69) is 38.3 Å². The summed E-state index contributed by atoms with van der Waals surface area (Å²) in [6, 6.07) is 2.12. The molecule has 0 bridgehead atoms. The van der Waals surface area contributed by atoms with Gasteiger partial charge in [0.2, 0.25) is 11.8 Å². The number of nitrogens with one attached hydrogen (secondary N) is 1. The number of aromatic nitrogens is 7. The van der Waals surface area contributed by atoms with Crippen molar-refractivity contribution in [3.8, 4) is 0 Å². The lowest BCUT2D eigenvalue weighted by Crippen LogP contribution is -2.37. The maximum atomic E-state index is 13.3. The molecule has 0 saturated heterocycles. The molecule has 2 aliphatic heterocycles. The second-order valence-electron chi connectivity index (χ2n) is 8.58. The van der Waals surface area contributed by atoms with Crippen LogP contribution in [0.2, 0.25) is 0 Å². The minimum absolute atomic E-state index is 0.145. The highest BCUT2D eigenvalue weighted by molar-refractivity contribution is 7.18. The van der Waals surface area contributed by atoms with Crippen LogP contribution in [0.4, 0.5) is 24.9 Å². The van der Waals surface area contributed by atoms with Gasteiger partial charge in [-0.1, -0.05) is 13.3 Å². The van der Waals surface area contributed by atoms with Crippen LogP contribution in [0.15, 0.2) is 12.3 Å². The molecule has 4 aromatic heterocycles. The summed E-state index contributed by atoms with van der Waals surface area (Å²) in [5, 5.41) is 15.4. The summed E-state index contributed by atoms with van der Waals surface area (Å²) < 4.78 is 41.0. The van der Waals surface area contributed by atoms with Crippen molar-refractivity contribution in [3.63, 3.8) is 0 Å². The average Bonchev–Trinajstić information content (AvgIpc) is 3.54. The van der Waals surface area contributed by atoms with E-state index < -0.39 is 12.0 Å². The summed E-state index contributed by atoms with van der Waals surface area (Å²) in [4.78, 5) is 16.1. The lowest BCUT2D eigenvalue weighted by molar-refractivity contribution is -0.147. The van der Waals surface area contributed by atoms with Crippen LogP contribution in [0, 0.1) is 0 Å². The SMILES string of the molecule is CCCc1cc2c(N3CCn4c(nnc4C(F)(F)F)C3)nc(N3CCc4[nH]ncc4C3)nc2s1. The number of aromatic amines is 1. The highest BCUT2D eigenvalue weighted by Crippen LogP contribution is 2.36. The molecule has 13 heteroatoms. The summed E-state index contributed by atoms with van der Waals surface area (Å²) in [5.41, 5.74) is 2.26. The van der Waals surface area contributed by atoms with E-state index >= 15 is 0 Å². The Morgan fingerprint density at radius 3 is 2.79 bits per heavy atom. The summed E-state index contributed by atoms with van der Waals surface area (Å²) in [6.45, 7) is 4.29. The lowest BCUT2D eigenvalue weighted by atomic mass is 10.1. The zero-order valence-corrected chi connectivity index (χ0v) is 19.2. The molecule has 6 rings (SSSR count). The van der Waals surface area contributed by atoms with Crippen molar-refractivity contribution in [2.75, 3.05) is 22.9 Å². The Labute approximate surface area is 196 Å². The molecule has 0 aliphatic carbocycles. The minimum atomic E-state index is -4.52. The number of fused-ring (bicyclic) bond motifs is 3. The van der Waals surface area contributed by atoms with Crippen LogP contribution in [-0.2, 0) is 38.7 Å². The Kier molecular flexibility index (Phi) is 4.97. The third-order valence-corrected chi connectivity index (χ3v) is 7.39. The summed E-state index contributed by atoms with van der Waals surface area (Å²) in [5.74, 6) is 0.708. The van der Waals surface area contributed by atoms with E-state index in [1.165, 1.54) is 4.88 Å². The van der Waals surface area contributed by atoms with Crippen LogP contribution in [0.5, 0.6) is 0 Å². The topological polar surface area (TPSA) is 91.7 Å². The van der Waals surface area contributed by atoms with Gasteiger partial charge in [-0.2, -0.15) is 23.3 Å². The Hall–Kier alpha value is -3.22. The van der Waals surface area contributed by atoms with Gasteiger partial charge in [0.05, 0.1) is 18.1 Å². The molecule has 0 amide bonds. The predicted molar refractivity (Wildman–Crippen MR) is 121 cm³/mol. The van der Waals surface area contributed by atoms with Crippen molar-refractivity contribution in [3.05, 3.63) is 40.0 Å². The van der Waals surface area contributed by atoms with Crippen LogP contribution >= 0.6 is 11.3 Å². The van der Waals surface area contributed by atoms with Crippen molar-refractivity contribution < 1.29 is 13.2 Å². The second-order valence-corrected chi connectivity index (χ2v) is 9.70. The molecule has 0 aromatic carbocycles. The highest BCUT2D eigenvalue weighted by atomic mass is 32.1. The molecule has 2 aliphatic rings. The van der Waals surface area contributed by atoms with Gasteiger partial charge in [-0.05, 0) is 12.5 Å². The van der Waals surface area contributed by atoms with Gasteiger partial charge >= 0.3 is 6.18 Å². The van der Waals surface area contributed by atoms with Crippen LogP contribution in [0.3, 0.4) is 0 Å². The van der Waals surface area contributed by atoms with E-state index in [1.54, 1.807) is 11.3 Å². The molecule has 0 fully saturated rings. The monoisotopic (exact) mass is 489 g/mol. The average molecular weight is 490 g/mol. The summed E-state index contributed by atoms with van der Waals surface area (Å²) >= 11 is 1.65. The van der Waals surface area contributed by atoms with Crippen LogP contribution in [0.1, 0.15) is 41.1 Å². The van der Waals surface area contributed by atoms with Crippen molar-refractivity contribution in [1.82, 2.24) is 34.9 Å². The molecule has 0 spiro atoms. The number of hydrogen-bond acceptors (Lipinski definition) is 8. The van der Waals surface area contributed by atoms with Gasteiger partial charge in [0, 0.05) is 48.7 Å². The molecule has 178 valence electrons. The largest absolute Gasteiger partial charge is 0.451 e. The number of anilines is 2. The van der Waals surface area contributed by atoms with E-state index in [1.807, 2.05) is 11.1 Å². The molecule has 9 nitrogen and oxygen atoms in total. The quantitative estimate of drug-likeness (QED) is 0.469. The van der Waals surface area contributed by atoms with Gasteiger partial charge in [-0.3, -0.25) is 5.10 Å². The maximum Gasteiger partial charge on any atom is 0.451 e. The van der Waals surface area contributed by atoms with Gasteiger partial charge in [-0.15, -0.1) is 21.5 Å². The molecule has 1 N–H and O–H groups in total. The van der Waals surface area contributed by atoms with Gasteiger partial charge < -0.3 is 14.4 Å². The number of alkyl halides is 3. The van der Waals surface area contributed by atoms with Gasteiger partial charge in [-0.25, -0.2) is 4.98 Å². The molecule has 4 aromatic rings. The number of nitrogens with zero attached hydrogens (tertiary/aromatic N) is 8. The van der Waals surface area contributed by atoms with Crippen molar-refractivity contribution >= 4 is 33.3 Å². The second kappa shape index (κ2) is 7.93. The Balaban J connectivity index is 1.39. The van der Waals surface area contributed by atoms with Gasteiger partial charge in [0.15, 0.2) is 5.82 Å². The fourth-order valence-corrected chi connectivity index (χ4v) is 5.76. The highest BCUT2D eigenvalue weighted by Gasteiger charge is 2.40. The smallest absolute Gasteiger partial charge is 0.347 e. The van der Waals surface area contributed by atoms with Crippen LogP contribution in [-0.4, -0.2) is 48.0 Å². The van der Waals surface area contributed by atoms with E-state index in [9.17, 15) is 13.2 Å². The first-order chi connectivity index (χ1) is 16.4. The first-order valence-corrected chi connectivity index (χ1v) is 12.0. The predicted octanol–water partition coefficient (Wildman–Crippen LogP) is 3.56. The Morgan fingerprint density at radius 1 is 1.09 bits per heavy atom. The standard InChI is InChI=1S/C21H22F3N9S/c1-2-3-13-8-14-17(31-6-7-33-16(11-31)29-30-19(33)21(22,23)24)26-20(27-18(14)34-13)32-5-4-15-12(10-32)9-25-28-15/h8-9H,2-7,10-11H2,1H3,(H,25,28). The third kappa shape index (κ3) is 3.58. The number of thiophene rings is 1. The number of rotatable bonds is 4. The molecular weight excluding hydrogens is 467 g/mol. The molecule has 0 radical (unpaired) electrons. The molecule has 0 saturated carbocycles. The zero-order chi connectivity index (χ0) is 23.4. The van der Waals surface area contributed by atoms with E-state index in [0.717, 1.165) is 57.7 Å². The van der Waals surface area contributed by atoms with Crippen LogP contribution in [0.25, 0.3) is 10.2 Å². The molecule has 34 heavy (non-hydrogen) atoms. The Morgan fingerprint density at radius 2 is 1.97 bits per heavy atom. The van der Waals surface area contributed by atoms with Crippen LogP contribution < -0.4 is 9.80 Å². The zero-order valence-electron chi connectivity index (χ0n) is 18.4. The first-order valence-electron chi connectivity index (χ1n) is 11.2. The minimum Gasteiger partial charge on any atom is -0.347 e. The number of hydrogen-bond donors (Lipinski definition) is 1. The normalized spacial score (nSPS) is 16.2. The van der Waals surface area contributed by atoms with Gasteiger partial charge in [0.25, 0.3) is 0 Å². The fraction of sp³-hybridized carbons (Fsp3) is 0.476.